The van der Waals surface area contributed by atoms with Gasteiger partial charge in [0.15, 0.2) is 0 Å². The van der Waals surface area contributed by atoms with Crippen LogP contribution in [0, 0.1) is 28.6 Å². The first-order valence-electron chi connectivity index (χ1n) is 22.2. The molecule has 4 aromatic rings. The second-order valence-corrected chi connectivity index (χ2v) is 20.9. The zero-order valence-corrected chi connectivity index (χ0v) is 35.5. The molecule has 3 aromatic carbocycles. The van der Waals surface area contributed by atoms with Crippen LogP contribution in [0.25, 0.3) is 10.1 Å². The van der Waals surface area contributed by atoms with Gasteiger partial charge in [0.25, 0.3) is 0 Å². The number of thiophene rings is 1. The molecule has 6 bridgehead atoms. The summed E-state index contributed by atoms with van der Waals surface area (Å²) in [5.74, 6) is 2.17. The summed E-state index contributed by atoms with van der Waals surface area (Å²) in [4.78, 5) is 32.3. The molecule has 11 rings (SSSR count). The number of carbonyl (C=O) groups excluding carboxylic acids is 2. The topological polar surface area (TPSA) is 89.9 Å². The number of carbonyl (C=O) groups is 2. The quantitative estimate of drug-likeness (QED) is 0.122. The second kappa shape index (κ2) is 15.7. The van der Waals surface area contributed by atoms with Crippen LogP contribution < -0.4 is 5.32 Å². The lowest BCUT2D eigenvalue weighted by Crippen LogP contribution is -2.59. The Bertz CT molecular complexity index is 2120. The van der Waals surface area contributed by atoms with E-state index in [1.807, 2.05) is 47.4 Å². The van der Waals surface area contributed by atoms with Crippen LogP contribution >= 0.6 is 11.3 Å². The number of hydrogen-bond acceptors (Lipinski definition) is 5. The Balaban J connectivity index is 1.09. The molecule has 2 amide bonds. The third-order valence-corrected chi connectivity index (χ3v) is 16.8. The third-order valence-electron chi connectivity index (χ3n) is 15.6. The summed E-state index contributed by atoms with van der Waals surface area (Å²) >= 11 is 1.53. The second-order valence-electron chi connectivity index (χ2n) is 19.8. The van der Waals surface area contributed by atoms with Crippen LogP contribution in [0.1, 0.15) is 142 Å². The SMILES string of the molecule is CC1=CCCC2(C)C(CCC2(O)CN(CC23CC4CC(CC(C4)C2)C3)C(=O)NC(C)c2ccccc2)c2ccc(cc2C(=O)c2cc3ccccc3s2)CC(O)CC1. The van der Waals surface area contributed by atoms with Crippen LogP contribution in [0.3, 0.4) is 0 Å². The fourth-order valence-electron chi connectivity index (χ4n) is 12.9. The molecular formula is C51H62N2O4S. The van der Waals surface area contributed by atoms with Gasteiger partial charge in [0.05, 0.1) is 29.2 Å². The van der Waals surface area contributed by atoms with Gasteiger partial charge in [-0.25, -0.2) is 4.79 Å². The molecule has 7 aliphatic rings. The molecule has 0 spiro atoms. The lowest BCUT2D eigenvalue weighted by molar-refractivity contribution is -0.0985. The van der Waals surface area contributed by atoms with Crippen molar-refractivity contribution in [1.29, 1.82) is 0 Å². The molecule has 1 aromatic heterocycles. The molecule has 1 heterocycles. The Kier molecular flexibility index (Phi) is 10.7. The predicted molar refractivity (Wildman–Crippen MR) is 234 cm³/mol. The van der Waals surface area contributed by atoms with Gasteiger partial charge in [-0.15, -0.1) is 11.3 Å². The molecule has 3 N–H and O–H groups in total. The smallest absolute Gasteiger partial charge is 0.317 e. The van der Waals surface area contributed by atoms with Gasteiger partial charge in [-0.1, -0.05) is 79.2 Å². The van der Waals surface area contributed by atoms with Gasteiger partial charge in [0, 0.05) is 22.2 Å². The predicted octanol–water partition coefficient (Wildman–Crippen LogP) is 11.2. The Labute approximate surface area is 349 Å². The fraction of sp³-hybridized carbons (Fsp3) is 0.529. The average Bonchev–Trinajstić information content (AvgIpc) is 3.74. The molecule has 6 nitrogen and oxygen atoms in total. The summed E-state index contributed by atoms with van der Waals surface area (Å²) in [6, 6.07) is 26.4. The van der Waals surface area contributed by atoms with Gasteiger partial charge in [-0.2, -0.15) is 0 Å². The minimum atomic E-state index is -1.18. The van der Waals surface area contributed by atoms with Crippen LogP contribution in [0.2, 0.25) is 0 Å². The standard InChI is InChI=1S/C51H62N2O4S/c1-33-10-9-20-49(3)44(42-18-16-35(25-41(54)17-15-33)26-43(42)47(55)46-27-40-13-7-8-14-45(40)58-46)19-21-51(49,57)32-53(48(56)52-34(2)39-11-5-4-6-12-39)31-50-28-36-22-37(29-50)24-38(23-36)30-50/h4-8,10-14,16,18,26-27,34,36-38,41,44,54,57H,9,15,17,19-25,28-32H2,1-3H3,(H,52,56). The van der Waals surface area contributed by atoms with Gasteiger partial charge >= 0.3 is 6.03 Å². The normalized spacial score (nSPS) is 32.4. The van der Waals surface area contributed by atoms with Crippen molar-refractivity contribution in [2.75, 3.05) is 13.1 Å². The van der Waals surface area contributed by atoms with E-state index in [1.165, 1.54) is 55.4 Å². The largest absolute Gasteiger partial charge is 0.393 e. The highest BCUT2D eigenvalue weighted by Gasteiger charge is 2.59. The van der Waals surface area contributed by atoms with E-state index in [4.69, 9.17) is 0 Å². The van der Waals surface area contributed by atoms with Crippen LogP contribution in [0.5, 0.6) is 0 Å². The number of allylic oxidation sites excluding steroid dienone is 2. The first-order valence-corrected chi connectivity index (χ1v) is 23.0. The highest BCUT2D eigenvalue weighted by molar-refractivity contribution is 7.21. The Hall–Kier alpha value is -3.78. The number of amides is 2. The summed E-state index contributed by atoms with van der Waals surface area (Å²) in [5.41, 5.74) is 3.23. The van der Waals surface area contributed by atoms with Crippen molar-refractivity contribution in [1.82, 2.24) is 10.2 Å². The zero-order chi connectivity index (χ0) is 40.2. The van der Waals surface area contributed by atoms with Crippen molar-refractivity contribution in [3.63, 3.8) is 0 Å². The van der Waals surface area contributed by atoms with E-state index >= 15 is 0 Å². The minimum absolute atomic E-state index is 0.00545. The maximum Gasteiger partial charge on any atom is 0.317 e. The summed E-state index contributed by atoms with van der Waals surface area (Å²) in [7, 11) is 0. The van der Waals surface area contributed by atoms with Gasteiger partial charge in [0.2, 0.25) is 5.78 Å². The first kappa shape index (κ1) is 39.7. The van der Waals surface area contributed by atoms with Crippen LogP contribution in [-0.4, -0.2) is 51.7 Å². The zero-order valence-electron chi connectivity index (χ0n) is 34.7. The molecular weight excluding hydrogens is 737 g/mol. The van der Waals surface area contributed by atoms with E-state index in [0.717, 1.165) is 70.2 Å². The van der Waals surface area contributed by atoms with Crippen molar-refractivity contribution in [3.8, 4) is 0 Å². The molecule has 7 heteroatoms. The molecule has 0 radical (unpaired) electrons. The highest BCUT2D eigenvalue weighted by Crippen LogP contribution is 2.62. The summed E-state index contributed by atoms with van der Waals surface area (Å²) in [6.45, 7) is 7.40. The lowest BCUT2D eigenvalue weighted by atomic mass is 9.49. The molecule has 5 fully saturated rings. The molecule has 0 aliphatic heterocycles. The minimum Gasteiger partial charge on any atom is -0.393 e. The van der Waals surface area contributed by atoms with Crippen molar-refractivity contribution >= 4 is 33.2 Å². The van der Waals surface area contributed by atoms with Crippen molar-refractivity contribution < 1.29 is 19.8 Å². The number of urea groups is 1. The van der Waals surface area contributed by atoms with E-state index in [2.05, 4.69) is 68.6 Å². The van der Waals surface area contributed by atoms with Gasteiger partial charge in [-0.3, -0.25) is 4.79 Å². The van der Waals surface area contributed by atoms with Crippen LogP contribution in [-0.2, 0) is 6.42 Å². The number of nitrogens with one attached hydrogen (secondary N) is 1. The van der Waals surface area contributed by atoms with Crippen molar-refractivity contribution in [2.24, 2.45) is 28.6 Å². The van der Waals surface area contributed by atoms with E-state index in [1.54, 1.807) is 0 Å². The Morgan fingerprint density at radius 3 is 2.33 bits per heavy atom. The van der Waals surface area contributed by atoms with E-state index < -0.39 is 17.1 Å². The third kappa shape index (κ3) is 7.60. The summed E-state index contributed by atoms with van der Waals surface area (Å²) in [5, 5.41) is 29.0. The number of benzene rings is 3. The van der Waals surface area contributed by atoms with Crippen LogP contribution in [0.15, 0.2) is 90.5 Å². The van der Waals surface area contributed by atoms with E-state index in [9.17, 15) is 19.8 Å². The Morgan fingerprint density at radius 1 is 0.897 bits per heavy atom. The molecule has 5 atom stereocenters. The number of fused-ring (bicyclic) bond motifs is 9. The van der Waals surface area contributed by atoms with Crippen molar-refractivity contribution in [3.05, 3.63) is 118 Å². The monoisotopic (exact) mass is 798 g/mol. The molecule has 5 saturated carbocycles. The number of hydrogen-bond donors (Lipinski definition) is 3. The number of nitrogens with zero attached hydrogens (tertiary/aromatic N) is 1. The number of rotatable bonds is 8. The highest BCUT2D eigenvalue weighted by atomic mass is 32.1. The maximum absolute atomic E-state index is 14.8. The molecule has 306 valence electrons. The number of aliphatic hydroxyl groups is 2. The fourth-order valence-corrected chi connectivity index (χ4v) is 13.9. The molecule has 7 aliphatic carbocycles. The Morgan fingerprint density at radius 2 is 1.60 bits per heavy atom. The first-order chi connectivity index (χ1) is 27.9. The summed E-state index contributed by atoms with van der Waals surface area (Å²) in [6.07, 6.45) is 14.1. The van der Waals surface area contributed by atoms with Gasteiger partial charge in [-0.05, 0) is 167 Å². The van der Waals surface area contributed by atoms with Gasteiger partial charge in [0.1, 0.15) is 0 Å². The number of ketones is 1. The average molecular weight is 799 g/mol. The number of aliphatic hydroxyl groups excluding tert-OH is 1. The van der Waals surface area contributed by atoms with Gasteiger partial charge < -0.3 is 20.4 Å². The van der Waals surface area contributed by atoms with E-state index in [-0.39, 0.29) is 35.7 Å². The molecule has 58 heavy (non-hydrogen) atoms. The molecule has 5 unspecified atom stereocenters. The molecule has 0 saturated heterocycles. The maximum atomic E-state index is 14.8. The summed E-state index contributed by atoms with van der Waals surface area (Å²) < 4.78 is 1.09. The van der Waals surface area contributed by atoms with E-state index in [0.29, 0.717) is 36.2 Å². The van der Waals surface area contributed by atoms with Crippen LogP contribution in [0.4, 0.5) is 4.79 Å². The van der Waals surface area contributed by atoms with Crippen molar-refractivity contribution in [2.45, 2.75) is 128 Å². The lowest BCUT2D eigenvalue weighted by Gasteiger charge is -2.58.